The highest BCUT2D eigenvalue weighted by Gasteiger charge is 2.22. The van der Waals surface area contributed by atoms with E-state index in [4.69, 9.17) is 19.9 Å². The number of para-hydroxylation sites is 1. The predicted octanol–water partition coefficient (Wildman–Crippen LogP) is 3.69. The molecule has 0 saturated carbocycles. The summed E-state index contributed by atoms with van der Waals surface area (Å²) in [5.74, 6) is 2.09. The number of hydrogen-bond acceptors (Lipinski definition) is 4. The van der Waals surface area contributed by atoms with Crippen LogP contribution in [0.4, 0.5) is 0 Å². The predicted molar refractivity (Wildman–Crippen MR) is 87.9 cm³/mol. The van der Waals surface area contributed by atoms with Gasteiger partial charge in [0.05, 0.1) is 0 Å². The van der Waals surface area contributed by atoms with Crippen LogP contribution >= 0.6 is 12.4 Å². The first-order valence-corrected chi connectivity index (χ1v) is 7.10. The van der Waals surface area contributed by atoms with Crippen LogP contribution in [0, 0.1) is 0 Å². The molecule has 0 bridgehead atoms. The monoisotopic (exact) mass is 321 g/mol. The Morgan fingerprint density at radius 1 is 1.09 bits per heavy atom. The van der Waals surface area contributed by atoms with Crippen molar-refractivity contribution >= 4 is 12.4 Å². The first kappa shape index (κ1) is 16.5. The van der Waals surface area contributed by atoms with Gasteiger partial charge in [0.2, 0.25) is 12.5 Å². The highest BCUT2D eigenvalue weighted by Crippen LogP contribution is 2.42. The van der Waals surface area contributed by atoms with Crippen molar-refractivity contribution in [1.82, 2.24) is 0 Å². The standard InChI is InChI=1S/C17H19NO3.ClH/c1-12(18)10-16(13-6-3-2-4-7-13)21-15-9-5-8-14-17(15)20-11-19-14;/h2-9,12,16H,10-11,18H2,1H3;1H. The third-order valence-corrected chi connectivity index (χ3v) is 3.39. The van der Waals surface area contributed by atoms with Gasteiger partial charge in [0.1, 0.15) is 6.10 Å². The average Bonchev–Trinajstić information content (AvgIpc) is 2.96. The molecule has 2 N–H and O–H groups in total. The summed E-state index contributed by atoms with van der Waals surface area (Å²) >= 11 is 0. The number of benzene rings is 2. The molecule has 0 spiro atoms. The van der Waals surface area contributed by atoms with Crippen molar-refractivity contribution < 1.29 is 14.2 Å². The minimum Gasteiger partial charge on any atom is -0.482 e. The molecule has 4 nitrogen and oxygen atoms in total. The summed E-state index contributed by atoms with van der Waals surface area (Å²) in [6.07, 6.45) is 0.621. The maximum absolute atomic E-state index is 6.17. The zero-order valence-corrected chi connectivity index (χ0v) is 13.2. The number of rotatable bonds is 5. The van der Waals surface area contributed by atoms with Gasteiger partial charge in [0.25, 0.3) is 0 Å². The van der Waals surface area contributed by atoms with Crippen LogP contribution in [0.25, 0.3) is 0 Å². The molecule has 0 fully saturated rings. The van der Waals surface area contributed by atoms with E-state index >= 15 is 0 Å². The van der Waals surface area contributed by atoms with Crippen molar-refractivity contribution in [2.45, 2.75) is 25.5 Å². The third kappa shape index (κ3) is 3.64. The molecule has 22 heavy (non-hydrogen) atoms. The molecule has 1 heterocycles. The van der Waals surface area contributed by atoms with Crippen molar-refractivity contribution in [3.63, 3.8) is 0 Å². The van der Waals surface area contributed by atoms with Gasteiger partial charge in [0, 0.05) is 12.5 Å². The van der Waals surface area contributed by atoms with Crippen LogP contribution < -0.4 is 19.9 Å². The molecular weight excluding hydrogens is 302 g/mol. The normalized spacial score (nSPS) is 14.8. The van der Waals surface area contributed by atoms with Crippen molar-refractivity contribution in [3.05, 3.63) is 54.1 Å². The second kappa shape index (κ2) is 7.38. The Morgan fingerprint density at radius 3 is 2.59 bits per heavy atom. The molecule has 0 radical (unpaired) electrons. The SMILES string of the molecule is CC(N)CC(Oc1cccc2c1OCO2)c1ccccc1.Cl. The fourth-order valence-corrected chi connectivity index (χ4v) is 2.41. The van der Waals surface area contributed by atoms with E-state index in [-0.39, 0.29) is 31.3 Å². The molecule has 2 atom stereocenters. The number of hydrogen-bond donors (Lipinski definition) is 1. The lowest BCUT2D eigenvalue weighted by Gasteiger charge is -2.22. The molecule has 1 aliphatic heterocycles. The zero-order chi connectivity index (χ0) is 14.7. The quantitative estimate of drug-likeness (QED) is 0.912. The van der Waals surface area contributed by atoms with E-state index in [1.165, 1.54) is 0 Å². The molecule has 0 aromatic heterocycles. The van der Waals surface area contributed by atoms with Gasteiger partial charge in [-0.05, 0) is 24.6 Å². The van der Waals surface area contributed by atoms with Crippen LogP contribution in [0.2, 0.25) is 0 Å². The van der Waals surface area contributed by atoms with Gasteiger partial charge < -0.3 is 19.9 Å². The minimum absolute atomic E-state index is 0. The fraction of sp³-hybridized carbons (Fsp3) is 0.294. The van der Waals surface area contributed by atoms with E-state index in [0.29, 0.717) is 11.5 Å². The van der Waals surface area contributed by atoms with Crippen LogP contribution in [0.1, 0.15) is 25.0 Å². The molecule has 2 aromatic rings. The molecule has 0 saturated heterocycles. The maximum Gasteiger partial charge on any atom is 0.231 e. The molecule has 3 rings (SSSR count). The summed E-state index contributed by atoms with van der Waals surface area (Å²) in [6, 6.07) is 15.8. The van der Waals surface area contributed by atoms with E-state index in [1.54, 1.807) is 0 Å². The lowest BCUT2D eigenvalue weighted by Crippen LogP contribution is -2.21. The van der Waals surface area contributed by atoms with Gasteiger partial charge in [-0.3, -0.25) is 0 Å². The number of ether oxygens (including phenoxy) is 3. The summed E-state index contributed by atoms with van der Waals surface area (Å²) in [5.41, 5.74) is 7.06. The smallest absolute Gasteiger partial charge is 0.231 e. The molecule has 118 valence electrons. The van der Waals surface area contributed by atoms with Gasteiger partial charge in [-0.15, -0.1) is 12.4 Å². The highest BCUT2D eigenvalue weighted by atomic mass is 35.5. The topological polar surface area (TPSA) is 53.7 Å². The molecule has 0 amide bonds. The molecule has 2 unspecified atom stereocenters. The van der Waals surface area contributed by atoms with Crippen molar-refractivity contribution in [3.8, 4) is 17.2 Å². The Bertz CT molecular complexity index is 604. The zero-order valence-electron chi connectivity index (χ0n) is 12.4. The van der Waals surface area contributed by atoms with E-state index in [0.717, 1.165) is 17.7 Å². The van der Waals surface area contributed by atoms with E-state index in [1.807, 2.05) is 55.5 Å². The van der Waals surface area contributed by atoms with Gasteiger partial charge in [-0.2, -0.15) is 0 Å². The lowest BCUT2D eigenvalue weighted by molar-refractivity contribution is 0.155. The molecular formula is C17H20ClNO3. The summed E-state index contributed by atoms with van der Waals surface area (Å²) < 4.78 is 17.0. The van der Waals surface area contributed by atoms with Gasteiger partial charge in [-0.1, -0.05) is 36.4 Å². The number of halogens is 1. The first-order valence-electron chi connectivity index (χ1n) is 7.10. The third-order valence-electron chi connectivity index (χ3n) is 3.39. The van der Waals surface area contributed by atoms with Crippen molar-refractivity contribution in [2.24, 2.45) is 5.73 Å². The minimum atomic E-state index is -0.109. The van der Waals surface area contributed by atoms with E-state index in [9.17, 15) is 0 Å². The van der Waals surface area contributed by atoms with E-state index in [2.05, 4.69) is 0 Å². The molecule has 5 heteroatoms. The van der Waals surface area contributed by atoms with Gasteiger partial charge in [0.15, 0.2) is 11.5 Å². The Hall–Kier alpha value is -1.91. The Labute approximate surface area is 136 Å². The van der Waals surface area contributed by atoms with Gasteiger partial charge in [-0.25, -0.2) is 0 Å². The first-order chi connectivity index (χ1) is 10.2. The summed E-state index contributed by atoms with van der Waals surface area (Å²) in [6.45, 7) is 2.22. The Kier molecular flexibility index (Phi) is 5.52. The maximum atomic E-state index is 6.17. The molecule has 1 aliphatic rings. The van der Waals surface area contributed by atoms with Crippen LogP contribution in [-0.2, 0) is 0 Å². The van der Waals surface area contributed by atoms with Crippen molar-refractivity contribution in [1.29, 1.82) is 0 Å². The average molecular weight is 322 g/mol. The fourth-order valence-electron chi connectivity index (χ4n) is 2.41. The second-order valence-corrected chi connectivity index (χ2v) is 5.22. The van der Waals surface area contributed by atoms with Crippen LogP contribution in [0.15, 0.2) is 48.5 Å². The van der Waals surface area contributed by atoms with Crippen molar-refractivity contribution in [2.75, 3.05) is 6.79 Å². The summed E-state index contributed by atoms with van der Waals surface area (Å²) in [4.78, 5) is 0. The Balaban J connectivity index is 0.00000176. The van der Waals surface area contributed by atoms with Crippen LogP contribution in [0.3, 0.4) is 0 Å². The van der Waals surface area contributed by atoms with E-state index < -0.39 is 0 Å². The lowest BCUT2D eigenvalue weighted by atomic mass is 10.0. The largest absolute Gasteiger partial charge is 0.482 e. The second-order valence-electron chi connectivity index (χ2n) is 5.22. The Morgan fingerprint density at radius 2 is 1.86 bits per heavy atom. The summed E-state index contributed by atoms with van der Waals surface area (Å²) in [7, 11) is 0. The molecule has 0 aliphatic carbocycles. The highest BCUT2D eigenvalue weighted by molar-refractivity contribution is 5.85. The number of fused-ring (bicyclic) bond motifs is 1. The molecule has 2 aromatic carbocycles. The van der Waals surface area contributed by atoms with Crippen LogP contribution in [-0.4, -0.2) is 12.8 Å². The van der Waals surface area contributed by atoms with Gasteiger partial charge >= 0.3 is 0 Å². The summed E-state index contributed by atoms with van der Waals surface area (Å²) in [5, 5.41) is 0. The number of nitrogens with two attached hydrogens (primary N) is 1. The van der Waals surface area contributed by atoms with Crippen LogP contribution in [0.5, 0.6) is 17.2 Å².